The summed E-state index contributed by atoms with van der Waals surface area (Å²) in [5, 5.41) is 4.30. The molecule has 2 atom stereocenters. The monoisotopic (exact) mass is 329 g/mol. The Morgan fingerprint density at radius 2 is 2.00 bits per heavy atom. The van der Waals surface area contributed by atoms with E-state index in [1.165, 1.54) is 11.1 Å². The topological polar surface area (TPSA) is 39.5 Å². The maximum Gasteiger partial charge on any atom is 0.118 e. The molecule has 5 heteroatoms. The number of aromatic nitrogens is 2. The molecule has 0 bridgehead atoms. The standard InChI is InChI=1S/C19H27N3O2/c1-4-24-19-9-10-22(14-15-5-7-17(23-3)8-6-15)18(19)11-16-12-20-21(2)13-16/h5-8,12-13,18-19H,4,9-11,14H2,1-3H3/t18-,19-/m1/s1. The molecule has 2 heterocycles. The van der Waals surface area contributed by atoms with E-state index in [2.05, 4.69) is 35.3 Å². The van der Waals surface area contributed by atoms with Crippen molar-refractivity contribution in [2.75, 3.05) is 20.3 Å². The van der Waals surface area contributed by atoms with Crippen molar-refractivity contribution in [1.29, 1.82) is 0 Å². The molecule has 2 aromatic rings. The zero-order valence-corrected chi connectivity index (χ0v) is 14.8. The van der Waals surface area contributed by atoms with Crippen LogP contribution in [0.3, 0.4) is 0 Å². The average molecular weight is 329 g/mol. The van der Waals surface area contributed by atoms with E-state index in [4.69, 9.17) is 9.47 Å². The third kappa shape index (κ3) is 3.97. The second-order valence-electron chi connectivity index (χ2n) is 6.39. The Hall–Kier alpha value is -1.85. The van der Waals surface area contributed by atoms with Gasteiger partial charge in [0.25, 0.3) is 0 Å². The zero-order valence-electron chi connectivity index (χ0n) is 14.8. The summed E-state index contributed by atoms with van der Waals surface area (Å²) in [7, 11) is 3.67. The second-order valence-corrected chi connectivity index (χ2v) is 6.39. The number of hydrogen-bond acceptors (Lipinski definition) is 4. The molecule has 1 aliphatic heterocycles. The van der Waals surface area contributed by atoms with E-state index in [0.717, 1.165) is 38.3 Å². The highest BCUT2D eigenvalue weighted by Gasteiger charge is 2.34. The lowest BCUT2D eigenvalue weighted by Crippen LogP contribution is -2.37. The lowest BCUT2D eigenvalue weighted by Gasteiger charge is -2.28. The molecule has 1 aliphatic rings. The maximum absolute atomic E-state index is 6.01. The number of likely N-dealkylation sites (tertiary alicyclic amines) is 1. The highest BCUT2D eigenvalue weighted by atomic mass is 16.5. The number of rotatable bonds is 7. The van der Waals surface area contributed by atoms with Crippen LogP contribution in [0, 0.1) is 0 Å². The normalized spacial score (nSPS) is 21.3. The van der Waals surface area contributed by atoms with Crippen LogP contribution in [0.25, 0.3) is 0 Å². The third-order valence-corrected chi connectivity index (χ3v) is 4.73. The molecule has 0 radical (unpaired) electrons. The van der Waals surface area contributed by atoms with Crippen LogP contribution < -0.4 is 4.74 Å². The van der Waals surface area contributed by atoms with Crippen LogP contribution in [-0.2, 0) is 24.8 Å². The van der Waals surface area contributed by atoms with Crippen LogP contribution in [0.2, 0.25) is 0 Å². The predicted molar refractivity (Wildman–Crippen MR) is 94.1 cm³/mol. The van der Waals surface area contributed by atoms with E-state index in [0.29, 0.717) is 12.1 Å². The molecule has 1 aromatic heterocycles. The predicted octanol–water partition coefficient (Wildman–Crippen LogP) is 2.65. The van der Waals surface area contributed by atoms with Crippen LogP contribution >= 0.6 is 0 Å². The SMILES string of the molecule is CCO[C@@H]1CCN(Cc2ccc(OC)cc2)[C@@H]1Cc1cnn(C)c1. The number of hydrogen-bond donors (Lipinski definition) is 0. The highest BCUT2D eigenvalue weighted by molar-refractivity contribution is 5.27. The highest BCUT2D eigenvalue weighted by Crippen LogP contribution is 2.26. The Morgan fingerprint density at radius 3 is 2.62 bits per heavy atom. The lowest BCUT2D eigenvalue weighted by atomic mass is 10.0. The number of aryl methyl sites for hydroxylation is 1. The lowest BCUT2D eigenvalue weighted by molar-refractivity contribution is 0.0331. The number of ether oxygens (including phenoxy) is 2. The van der Waals surface area contributed by atoms with Crippen LogP contribution in [0.1, 0.15) is 24.5 Å². The number of nitrogens with zero attached hydrogens (tertiary/aromatic N) is 3. The molecule has 0 aliphatic carbocycles. The summed E-state index contributed by atoms with van der Waals surface area (Å²) >= 11 is 0. The van der Waals surface area contributed by atoms with Gasteiger partial charge in [-0.25, -0.2) is 0 Å². The molecule has 1 aromatic carbocycles. The fourth-order valence-corrected chi connectivity index (χ4v) is 3.54. The third-order valence-electron chi connectivity index (χ3n) is 4.73. The van der Waals surface area contributed by atoms with Crippen molar-refractivity contribution in [2.45, 2.75) is 38.5 Å². The minimum atomic E-state index is 0.299. The maximum atomic E-state index is 6.01. The van der Waals surface area contributed by atoms with Gasteiger partial charge in [0.15, 0.2) is 0 Å². The summed E-state index contributed by atoms with van der Waals surface area (Å²) in [5.41, 5.74) is 2.58. The minimum absolute atomic E-state index is 0.299. The zero-order chi connectivity index (χ0) is 16.9. The van der Waals surface area contributed by atoms with Gasteiger partial charge in [0.1, 0.15) is 5.75 Å². The van der Waals surface area contributed by atoms with Gasteiger partial charge >= 0.3 is 0 Å². The molecule has 1 saturated heterocycles. The van der Waals surface area contributed by atoms with Crippen molar-refractivity contribution in [3.63, 3.8) is 0 Å². The molecule has 5 nitrogen and oxygen atoms in total. The molecule has 3 rings (SSSR count). The molecule has 24 heavy (non-hydrogen) atoms. The summed E-state index contributed by atoms with van der Waals surface area (Å²) in [6.07, 6.45) is 6.44. The van der Waals surface area contributed by atoms with Gasteiger partial charge in [0.05, 0.1) is 19.4 Å². The molecular weight excluding hydrogens is 302 g/mol. The smallest absolute Gasteiger partial charge is 0.118 e. The summed E-state index contributed by atoms with van der Waals surface area (Å²) < 4.78 is 13.1. The van der Waals surface area contributed by atoms with Crippen molar-refractivity contribution < 1.29 is 9.47 Å². The molecule has 1 fully saturated rings. The first kappa shape index (κ1) is 17.0. The van der Waals surface area contributed by atoms with E-state index in [-0.39, 0.29) is 0 Å². The first-order valence-electron chi connectivity index (χ1n) is 8.65. The van der Waals surface area contributed by atoms with Gasteiger partial charge < -0.3 is 9.47 Å². The van der Waals surface area contributed by atoms with Crippen molar-refractivity contribution >= 4 is 0 Å². The van der Waals surface area contributed by atoms with E-state index >= 15 is 0 Å². The van der Waals surface area contributed by atoms with E-state index in [9.17, 15) is 0 Å². The molecule has 0 spiro atoms. The summed E-state index contributed by atoms with van der Waals surface area (Å²) in [4.78, 5) is 2.54. The van der Waals surface area contributed by atoms with Gasteiger partial charge in [-0.1, -0.05) is 12.1 Å². The largest absolute Gasteiger partial charge is 0.497 e. The minimum Gasteiger partial charge on any atom is -0.497 e. The van der Waals surface area contributed by atoms with E-state index in [1.807, 2.05) is 30.1 Å². The van der Waals surface area contributed by atoms with Gasteiger partial charge in [0, 0.05) is 39.0 Å². The van der Waals surface area contributed by atoms with Crippen molar-refractivity contribution in [2.24, 2.45) is 7.05 Å². The molecule has 130 valence electrons. The molecule has 0 N–H and O–H groups in total. The van der Waals surface area contributed by atoms with E-state index in [1.54, 1.807) is 7.11 Å². The Morgan fingerprint density at radius 1 is 1.21 bits per heavy atom. The Balaban J connectivity index is 1.71. The summed E-state index contributed by atoms with van der Waals surface area (Å²) in [6.45, 7) is 4.86. The van der Waals surface area contributed by atoms with Crippen molar-refractivity contribution in [3.05, 3.63) is 47.8 Å². The van der Waals surface area contributed by atoms with Crippen LogP contribution in [0.4, 0.5) is 0 Å². The van der Waals surface area contributed by atoms with Crippen molar-refractivity contribution in [3.8, 4) is 5.75 Å². The van der Waals surface area contributed by atoms with Crippen LogP contribution in [-0.4, -0.2) is 47.1 Å². The van der Waals surface area contributed by atoms with Gasteiger partial charge in [-0.05, 0) is 43.0 Å². The quantitative estimate of drug-likeness (QED) is 0.783. The Bertz CT molecular complexity index is 638. The molecular formula is C19H27N3O2. The average Bonchev–Trinajstić information content (AvgIpc) is 3.16. The first-order valence-corrected chi connectivity index (χ1v) is 8.65. The van der Waals surface area contributed by atoms with Crippen LogP contribution in [0.5, 0.6) is 5.75 Å². The van der Waals surface area contributed by atoms with Gasteiger partial charge in [-0.3, -0.25) is 9.58 Å². The Labute approximate surface area is 144 Å². The Kier molecular flexibility index (Phi) is 5.53. The fraction of sp³-hybridized carbons (Fsp3) is 0.526. The summed E-state index contributed by atoms with van der Waals surface area (Å²) in [6, 6.07) is 8.75. The van der Waals surface area contributed by atoms with Crippen LogP contribution in [0.15, 0.2) is 36.7 Å². The van der Waals surface area contributed by atoms with Gasteiger partial charge in [-0.2, -0.15) is 5.10 Å². The second kappa shape index (κ2) is 7.81. The summed E-state index contributed by atoms with van der Waals surface area (Å²) in [5.74, 6) is 0.902. The molecule has 0 saturated carbocycles. The van der Waals surface area contributed by atoms with Gasteiger partial charge in [-0.15, -0.1) is 0 Å². The fourth-order valence-electron chi connectivity index (χ4n) is 3.54. The van der Waals surface area contributed by atoms with Crippen molar-refractivity contribution in [1.82, 2.24) is 14.7 Å². The van der Waals surface area contributed by atoms with Gasteiger partial charge in [0.2, 0.25) is 0 Å². The first-order chi connectivity index (χ1) is 11.7. The van der Waals surface area contributed by atoms with E-state index < -0.39 is 0 Å². The number of benzene rings is 1. The molecule has 0 unspecified atom stereocenters. The molecule has 0 amide bonds. The number of methoxy groups -OCH3 is 1.